The van der Waals surface area contributed by atoms with Crippen molar-refractivity contribution in [1.29, 1.82) is 0 Å². The maximum Gasteiger partial charge on any atom is 0.251 e. The van der Waals surface area contributed by atoms with Crippen LogP contribution in [0.5, 0.6) is 0 Å². The van der Waals surface area contributed by atoms with Crippen molar-refractivity contribution in [2.45, 2.75) is 19.3 Å². The lowest BCUT2D eigenvalue weighted by molar-refractivity contribution is 0.0946. The summed E-state index contributed by atoms with van der Waals surface area (Å²) in [5.41, 5.74) is 10.3. The summed E-state index contributed by atoms with van der Waals surface area (Å²) >= 11 is 0. The molecular formula is C23H26N4O. The van der Waals surface area contributed by atoms with Gasteiger partial charge in [0.25, 0.3) is 5.91 Å². The molecule has 3 aromatic rings. The van der Waals surface area contributed by atoms with Crippen LogP contribution in [0.1, 0.15) is 29.6 Å². The zero-order valence-electron chi connectivity index (χ0n) is 16.0. The summed E-state index contributed by atoms with van der Waals surface area (Å²) in [6, 6.07) is 15.5. The second-order valence-corrected chi connectivity index (χ2v) is 7.34. The van der Waals surface area contributed by atoms with Gasteiger partial charge in [0.05, 0.1) is 5.52 Å². The molecule has 2 heterocycles. The second kappa shape index (κ2) is 8.40. The Kier molecular flexibility index (Phi) is 5.53. The van der Waals surface area contributed by atoms with Crippen molar-refractivity contribution in [3.63, 3.8) is 0 Å². The monoisotopic (exact) mass is 374 g/mol. The van der Waals surface area contributed by atoms with Gasteiger partial charge in [-0.15, -0.1) is 0 Å². The normalized spacial score (nSPS) is 14.9. The molecule has 5 heteroatoms. The number of piperidine rings is 1. The van der Waals surface area contributed by atoms with E-state index < -0.39 is 0 Å². The molecule has 1 aromatic heterocycles. The third-order valence-corrected chi connectivity index (χ3v) is 5.40. The number of rotatable bonds is 5. The molecule has 3 N–H and O–H groups in total. The van der Waals surface area contributed by atoms with E-state index in [0.29, 0.717) is 17.8 Å². The number of likely N-dealkylation sites (tertiary alicyclic amines) is 1. The van der Waals surface area contributed by atoms with Gasteiger partial charge >= 0.3 is 0 Å². The number of nitrogens with one attached hydrogen (secondary N) is 1. The first kappa shape index (κ1) is 18.4. The summed E-state index contributed by atoms with van der Waals surface area (Å²) in [6.45, 7) is 3.87. The predicted octanol–water partition coefficient (Wildman–Crippen LogP) is 3.70. The standard InChI is InChI=1S/C23H26N4O/c24-21-10-11-25-22-19(8-5-9-20(21)22)17-6-4-7-18(16-17)23(28)26-12-15-27-13-2-1-3-14-27/h4-11,16H,1-3,12-15H2,(H2,24,25)(H,26,28). The Bertz CT molecular complexity index is 979. The lowest BCUT2D eigenvalue weighted by Crippen LogP contribution is -2.37. The molecule has 144 valence electrons. The summed E-state index contributed by atoms with van der Waals surface area (Å²) in [6.07, 6.45) is 5.57. The van der Waals surface area contributed by atoms with Crippen LogP contribution in [0.3, 0.4) is 0 Å². The third kappa shape index (κ3) is 3.99. The Balaban J connectivity index is 1.50. The summed E-state index contributed by atoms with van der Waals surface area (Å²) in [5, 5.41) is 3.98. The van der Waals surface area contributed by atoms with E-state index in [1.54, 1.807) is 12.3 Å². The minimum absolute atomic E-state index is 0.0356. The number of aromatic nitrogens is 1. The maximum atomic E-state index is 12.6. The molecule has 0 radical (unpaired) electrons. The molecule has 0 atom stereocenters. The molecule has 28 heavy (non-hydrogen) atoms. The number of benzene rings is 2. The molecule has 2 aromatic carbocycles. The quantitative estimate of drug-likeness (QED) is 0.714. The van der Waals surface area contributed by atoms with Gasteiger partial charge in [-0.25, -0.2) is 0 Å². The SMILES string of the molecule is Nc1ccnc2c(-c3cccc(C(=O)NCCN4CCCCC4)c3)cccc12. The van der Waals surface area contributed by atoms with Gasteiger partial charge in [-0.3, -0.25) is 9.78 Å². The maximum absolute atomic E-state index is 12.6. The number of pyridine rings is 1. The van der Waals surface area contributed by atoms with Gasteiger partial charge in [-0.05, 0) is 49.7 Å². The first-order chi connectivity index (χ1) is 13.7. The Morgan fingerprint density at radius 3 is 2.75 bits per heavy atom. The smallest absolute Gasteiger partial charge is 0.251 e. The lowest BCUT2D eigenvalue weighted by Gasteiger charge is -2.26. The summed E-state index contributed by atoms with van der Waals surface area (Å²) < 4.78 is 0. The van der Waals surface area contributed by atoms with E-state index in [0.717, 1.165) is 41.7 Å². The van der Waals surface area contributed by atoms with E-state index in [9.17, 15) is 4.79 Å². The van der Waals surface area contributed by atoms with Gasteiger partial charge in [-0.1, -0.05) is 36.8 Å². The zero-order valence-corrected chi connectivity index (χ0v) is 16.0. The van der Waals surface area contributed by atoms with E-state index in [2.05, 4.69) is 15.2 Å². The zero-order chi connectivity index (χ0) is 19.3. The van der Waals surface area contributed by atoms with Crippen LogP contribution in [-0.4, -0.2) is 42.0 Å². The van der Waals surface area contributed by atoms with Gasteiger partial charge in [0.1, 0.15) is 0 Å². The first-order valence-electron chi connectivity index (χ1n) is 9.96. The Morgan fingerprint density at radius 1 is 1.07 bits per heavy atom. The predicted molar refractivity (Wildman–Crippen MR) is 114 cm³/mol. The minimum Gasteiger partial charge on any atom is -0.398 e. The molecule has 1 aliphatic heterocycles. The van der Waals surface area contributed by atoms with Crippen molar-refractivity contribution in [2.24, 2.45) is 0 Å². The molecule has 4 rings (SSSR count). The topological polar surface area (TPSA) is 71.2 Å². The number of hydrogen-bond acceptors (Lipinski definition) is 4. The van der Waals surface area contributed by atoms with Crippen LogP contribution in [-0.2, 0) is 0 Å². The van der Waals surface area contributed by atoms with Crippen LogP contribution in [0, 0.1) is 0 Å². The molecule has 0 saturated carbocycles. The number of carbonyl (C=O) groups is 1. The van der Waals surface area contributed by atoms with Gasteiger partial charge in [0.15, 0.2) is 0 Å². The van der Waals surface area contributed by atoms with Crippen molar-refractivity contribution >= 4 is 22.5 Å². The summed E-state index contributed by atoms with van der Waals surface area (Å²) in [7, 11) is 0. The van der Waals surface area contributed by atoms with Crippen LogP contribution < -0.4 is 11.1 Å². The van der Waals surface area contributed by atoms with Crippen LogP contribution in [0.15, 0.2) is 54.7 Å². The molecule has 0 spiro atoms. The van der Waals surface area contributed by atoms with Crippen molar-refractivity contribution in [3.8, 4) is 11.1 Å². The molecule has 1 amide bonds. The number of para-hydroxylation sites is 1. The molecule has 1 saturated heterocycles. The Hall–Kier alpha value is -2.92. The van der Waals surface area contributed by atoms with E-state index in [1.165, 1.54) is 19.3 Å². The fourth-order valence-corrected chi connectivity index (χ4v) is 3.87. The average Bonchev–Trinajstić information content (AvgIpc) is 2.74. The van der Waals surface area contributed by atoms with Crippen molar-refractivity contribution in [1.82, 2.24) is 15.2 Å². The number of carbonyl (C=O) groups excluding carboxylic acids is 1. The van der Waals surface area contributed by atoms with Crippen molar-refractivity contribution in [2.75, 3.05) is 31.9 Å². The number of nitrogens with zero attached hydrogens (tertiary/aromatic N) is 2. The number of amides is 1. The van der Waals surface area contributed by atoms with Gasteiger partial charge in [0, 0.05) is 41.5 Å². The van der Waals surface area contributed by atoms with Crippen LogP contribution in [0.2, 0.25) is 0 Å². The highest BCUT2D eigenvalue weighted by Gasteiger charge is 2.12. The van der Waals surface area contributed by atoms with Crippen LogP contribution >= 0.6 is 0 Å². The highest BCUT2D eigenvalue weighted by Crippen LogP contribution is 2.30. The number of hydrogen-bond donors (Lipinski definition) is 2. The first-order valence-corrected chi connectivity index (χ1v) is 9.96. The lowest BCUT2D eigenvalue weighted by atomic mass is 9.99. The molecule has 0 bridgehead atoms. The summed E-state index contributed by atoms with van der Waals surface area (Å²) in [5.74, 6) is -0.0356. The third-order valence-electron chi connectivity index (χ3n) is 5.40. The molecule has 1 fully saturated rings. The molecule has 5 nitrogen and oxygen atoms in total. The largest absolute Gasteiger partial charge is 0.398 e. The number of nitrogen functional groups attached to an aromatic ring is 1. The fourth-order valence-electron chi connectivity index (χ4n) is 3.87. The Labute approximate surface area is 165 Å². The molecule has 0 aliphatic carbocycles. The summed E-state index contributed by atoms with van der Waals surface area (Å²) in [4.78, 5) is 19.6. The number of anilines is 1. The van der Waals surface area contributed by atoms with E-state index in [4.69, 9.17) is 5.73 Å². The fraction of sp³-hybridized carbons (Fsp3) is 0.304. The van der Waals surface area contributed by atoms with Gasteiger partial charge in [0.2, 0.25) is 0 Å². The van der Waals surface area contributed by atoms with Gasteiger partial charge in [-0.2, -0.15) is 0 Å². The number of nitrogens with two attached hydrogens (primary N) is 1. The van der Waals surface area contributed by atoms with Crippen molar-refractivity contribution in [3.05, 3.63) is 60.3 Å². The van der Waals surface area contributed by atoms with Gasteiger partial charge < -0.3 is 16.0 Å². The molecule has 1 aliphatic rings. The Morgan fingerprint density at radius 2 is 1.89 bits per heavy atom. The van der Waals surface area contributed by atoms with Crippen molar-refractivity contribution < 1.29 is 4.79 Å². The molecular weight excluding hydrogens is 348 g/mol. The van der Waals surface area contributed by atoms with Crippen LogP contribution in [0.4, 0.5) is 5.69 Å². The average molecular weight is 374 g/mol. The highest BCUT2D eigenvalue weighted by atomic mass is 16.1. The van der Waals surface area contributed by atoms with E-state index in [1.807, 2.05) is 42.5 Å². The van der Waals surface area contributed by atoms with Crippen LogP contribution in [0.25, 0.3) is 22.0 Å². The van der Waals surface area contributed by atoms with E-state index in [-0.39, 0.29) is 5.91 Å². The minimum atomic E-state index is -0.0356. The molecule has 0 unspecified atom stereocenters. The van der Waals surface area contributed by atoms with E-state index >= 15 is 0 Å². The highest BCUT2D eigenvalue weighted by molar-refractivity contribution is 6.01. The number of fused-ring (bicyclic) bond motifs is 1. The second-order valence-electron chi connectivity index (χ2n) is 7.34.